The summed E-state index contributed by atoms with van der Waals surface area (Å²) in [5.74, 6) is 2.92. The average molecular weight is 370 g/mol. The third-order valence-electron chi connectivity index (χ3n) is 5.19. The van der Waals surface area contributed by atoms with Crippen molar-refractivity contribution in [2.45, 2.75) is 59.8 Å². The van der Waals surface area contributed by atoms with Crippen LogP contribution < -0.4 is 9.64 Å². The Labute approximate surface area is 165 Å². The first kappa shape index (κ1) is 21.2. The molecular formula is C23H35N3O. The molecule has 2 aromatic rings. The van der Waals surface area contributed by atoms with Gasteiger partial charge in [-0.15, -0.1) is 0 Å². The Bertz CT molecular complexity index is 668. The Morgan fingerprint density at radius 1 is 1.00 bits per heavy atom. The molecule has 2 rings (SSSR count). The summed E-state index contributed by atoms with van der Waals surface area (Å²) in [7, 11) is 0. The van der Waals surface area contributed by atoms with Crippen LogP contribution in [0.5, 0.6) is 5.88 Å². The van der Waals surface area contributed by atoms with Crippen LogP contribution in [0.1, 0.15) is 64.1 Å². The average Bonchev–Trinajstić information content (AvgIpc) is 2.69. The molecule has 0 aromatic carbocycles. The predicted octanol–water partition coefficient (Wildman–Crippen LogP) is 5.62. The molecule has 0 N–H and O–H groups in total. The molecule has 2 atom stereocenters. The van der Waals surface area contributed by atoms with Gasteiger partial charge in [-0.2, -0.15) is 0 Å². The van der Waals surface area contributed by atoms with Crippen molar-refractivity contribution in [2.24, 2.45) is 5.92 Å². The number of hydrogen-bond acceptors (Lipinski definition) is 4. The number of ether oxygens (including phenoxy) is 1. The first-order chi connectivity index (χ1) is 13.0. The van der Waals surface area contributed by atoms with E-state index in [1.54, 1.807) is 0 Å². The molecule has 0 radical (unpaired) electrons. The number of nitrogens with zero attached hydrogens (tertiary/aromatic N) is 3. The largest absolute Gasteiger partial charge is 0.478 e. The number of rotatable bonds is 11. The molecule has 0 aliphatic heterocycles. The second kappa shape index (κ2) is 10.9. The smallest absolute Gasteiger partial charge is 0.213 e. The summed E-state index contributed by atoms with van der Waals surface area (Å²) in [5, 5.41) is 0. The van der Waals surface area contributed by atoms with Crippen molar-refractivity contribution in [3.63, 3.8) is 0 Å². The fraction of sp³-hybridized carbons (Fsp3) is 0.565. The predicted molar refractivity (Wildman–Crippen MR) is 114 cm³/mol. The van der Waals surface area contributed by atoms with E-state index in [1.165, 1.54) is 12.1 Å². The standard InChI is InChI=1S/C23H35N3O/c1-6-26(7-2)22-10-8-9-21(25-22)20(5)13-11-18(3)15-16-27-23-14-12-19(4)17-24-23/h8-10,12,14,17-18,20H,6-7,11,13,15-16H2,1-5H3. The van der Waals surface area contributed by atoms with Gasteiger partial charge in [0.15, 0.2) is 0 Å². The number of aryl methyl sites for hydroxylation is 1. The summed E-state index contributed by atoms with van der Waals surface area (Å²) in [6.07, 6.45) is 5.23. The Kier molecular flexibility index (Phi) is 8.56. The molecule has 2 heterocycles. The van der Waals surface area contributed by atoms with Gasteiger partial charge < -0.3 is 9.64 Å². The molecule has 0 saturated heterocycles. The van der Waals surface area contributed by atoms with Crippen molar-refractivity contribution in [1.29, 1.82) is 0 Å². The lowest BCUT2D eigenvalue weighted by atomic mass is 9.94. The van der Waals surface area contributed by atoms with Crippen molar-refractivity contribution in [1.82, 2.24) is 9.97 Å². The van der Waals surface area contributed by atoms with E-state index in [1.807, 2.05) is 25.3 Å². The van der Waals surface area contributed by atoms with Crippen LogP contribution in [-0.2, 0) is 0 Å². The zero-order valence-corrected chi connectivity index (χ0v) is 17.6. The molecule has 0 bridgehead atoms. The monoisotopic (exact) mass is 369 g/mol. The van der Waals surface area contributed by atoms with E-state index in [0.29, 0.717) is 11.8 Å². The molecule has 2 unspecified atom stereocenters. The van der Waals surface area contributed by atoms with Gasteiger partial charge in [0, 0.05) is 31.0 Å². The summed E-state index contributed by atoms with van der Waals surface area (Å²) >= 11 is 0. The van der Waals surface area contributed by atoms with Crippen molar-refractivity contribution in [2.75, 3.05) is 24.6 Å². The van der Waals surface area contributed by atoms with Crippen LogP contribution in [0.3, 0.4) is 0 Å². The van der Waals surface area contributed by atoms with Gasteiger partial charge in [-0.25, -0.2) is 9.97 Å². The van der Waals surface area contributed by atoms with E-state index in [0.717, 1.165) is 49.8 Å². The van der Waals surface area contributed by atoms with Crippen molar-refractivity contribution >= 4 is 5.82 Å². The van der Waals surface area contributed by atoms with Crippen LogP contribution in [0.25, 0.3) is 0 Å². The Morgan fingerprint density at radius 2 is 1.78 bits per heavy atom. The minimum atomic E-state index is 0.475. The van der Waals surface area contributed by atoms with Gasteiger partial charge in [0.05, 0.1) is 6.61 Å². The van der Waals surface area contributed by atoms with Crippen LogP contribution in [0.15, 0.2) is 36.5 Å². The highest BCUT2D eigenvalue weighted by Crippen LogP contribution is 2.24. The van der Waals surface area contributed by atoms with Gasteiger partial charge >= 0.3 is 0 Å². The maximum Gasteiger partial charge on any atom is 0.213 e. The van der Waals surface area contributed by atoms with E-state index >= 15 is 0 Å². The quantitative estimate of drug-likeness (QED) is 0.515. The molecule has 148 valence electrons. The SMILES string of the molecule is CCN(CC)c1cccc(C(C)CCC(C)CCOc2ccc(C)cn2)n1. The molecule has 0 amide bonds. The van der Waals surface area contributed by atoms with Crippen LogP contribution in [0.4, 0.5) is 5.82 Å². The minimum Gasteiger partial charge on any atom is -0.478 e. The maximum absolute atomic E-state index is 5.76. The van der Waals surface area contributed by atoms with Gasteiger partial charge in [-0.1, -0.05) is 26.0 Å². The number of pyridine rings is 2. The highest BCUT2D eigenvalue weighted by molar-refractivity contribution is 5.39. The Balaban J connectivity index is 1.76. The molecule has 27 heavy (non-hydrogen) atoms. The topological polar surface area (TPSA) is 38.2 Å². The fourth-order valence-electron chi connectivity index (χ4n) is 3.17. The van der Waals surface area contributed by atoms with E-state index in [-0.39, 0.29) is 0 Å². The molecule has 0 spiro atoms. The first-order valence-electron chi connectivity index (χ1n) is 10.3. The van der Waals surface area contributed by atoms with Crippen LogP contribution >= 0.6 is 0 Å². The van der Waals surface area contributed by atoms with Gasteiger partial charge in [0.25, 0.3) is 0 Å². The van der Waals surface area contributed by atoms with Crippen LogP contribution in [-0.4, -0.2) is 29.7 Å². The first-order valence-corrected chi connectivity index (χ1v) is 10.3. The molecule has 0 fully saturated rings. The van der Waals surface area contributed by atoms with Gasteiger partial charge in [-0.05, 0) is 69.6 Å². The molecule has 0 aliphatic rings. The summed E-state index contributed by atoms with van der Waals surface area (Å²) in [6.45, 7) is 13.7. The normalized spacial score (nSPS) is 13.2. The third kappa shape index (κ3) is 6.85. The zero-order chi connectivity index (χ0) is 19.6. The third-order valence-corrected chi connectivity index (χ3v) is 5.19. The second-order valence-electron chi connectivity index (χ2n) is 7.49. The number of anilines is 1. The molecule has 0 aliphatic carbocycles. The molecular weight excluding hydrogens is 334 g/mol. The minimum absolute atomic E-state index is 0.475. The summed E-state index contributed by atoms with van der Waals surface area (Å²) < 4.78 is 5.76. The van der Waals surface area contributed by atoms with Crippen molar-refractivity contribution in [3.05, 3.63) is 47.8 Å². The zero-order valence-electron chi connectivity index (χ0n) is 17.6. The highest BCUT2D eigenvalue weighted by atomic mass is 16.5. The van der Waals surface area contributed by atoms with Crippen LogP contribution in [0.2, 0.25) is 0 Å². The van der Waals surface area contributed by atoms with Crippen LogP contribution in [0, 0.1) is 12.8 Å². The number of hydrogen-bond donors (Lipinski definition) is 0. The Hall–Kier alpha value is -2.10. The van der Waals surface area contributed by atoms with E-state index < -0.39 is 0 Å². The highest BCUT2D eigenvalue weighted by Gasteiger charge is 2.12. The van der Waals surface area contributed by atoms with Gasteiger partial charge in [0.1, 0.15) is 5.82 Å². The summed E-state index contributed by atoms with van der Waals surface area (Å²) in [4.78, 5) is 11.5. The molecule has 2 aromatic heterocycles. The summed E-state index contributed by atoms with van der Waals surface area (Å²) in [6, 6.07) is 10.4. The lowest BCUT2D eigenvalue weighted by Crippen LogP contribution is -2.23. The van der Waals surface area contributed by atoms with E-state index in [2.05, 4.69) is 55.8 Å². The molecule has 4 nitrogen and oxygen atoms in total. The molecule has 0 saturated carbocycles. The molecule has 4 heteroatoms. The van der Waals surface area contributed by atoms with Gasteiger partial charge in [0.2, 0.25) is 5.88 Å². The lowest BCUT2D eigenvalue weighted by Gasteiger charge is -2.22. The van der Waals surface area contributed by atoms with E-state index in [9.17, 15) is 0 Å². The van der Waals surface area contributed by atoms with Gasteiger partial charge in [-0.3, -0.25) is 0 Å². The van der Waals surface area contributed by atoms with Crippen molar-refractivity contribution in [3.8, 4) is 5.88 Å². The Morgan fingerprint density at radius 3 is 2.44 bits per heavy atom. The van der Waals surface area contributed by atoms with Crippen molar-refractivity contribution < 1.29 is 4.74 Å². The fourth-order valence-corrected chi connectivity index (χ4v) is 3.17. The maximum atomic E-state index is 5.76. The van der Waals surface area contributed by atoms with E-state index in [4.69, 9.17) is 9.72 Å². The summed E-state index contributed by atoms with van der Waals surface area (Å²) in [5.41, 5.74) is 2.36. The number of aromatic nitrogens is 2. The second-order valence-corrected chi connectivity index (χ2v) is 7.49. The lowest BCUT2D eigenvalue weighted by molar-refractivity contribution is 0.267.